The van der Waals surface area contributed by atoms with Crippen LogP contribution in [0.5, 0.6) is 0 Å². The average Bonchev–Trinajstić information content (AvgIpc) is 2.94. The number of carboxylic acids is 1. The number of nitrogens with one attached hydrogen (secondary N) is 1. The molecule has 2 aromatic heterocycles. The zero-order chi connectivity index (χ0) is 17.6. The van der Waals surface area contributed by atoms with Gasteiger partial charge in [0.15, 0.2) is 5.69 Å². The van der Waals surface area contributed by atoms with Gasteiger partial charge in [0.1, 0.15) is 0 Å². The molecular weight excluding hydrogens is 320 g/mol. The van der Waals surface area contributed by atoms with Gasteiger partial charge in [-0.25, -0.2) is 14.8 Å². The van der Waals surface area contributed by atoms with Crippen LogP contribution in [-0.2, 0) is 19.9 Å². The van der Waals surface area contributed by atoms with Crippen LogP contribution < -0.4 is 11.1 Å². The normalized spacial score (nSPS) is 12.4. The second-order valence-electron chi connectivity index (χ2n) is 5.88. The van der Waals surface area contributed by atoms with Gasteiger partial charge in [0.05, 0.1) is 22.8 Å². The highest BCUT2D eigenvalue weighted by Crippen LogP contribution is 2.34. The van der Waals surface area contributed by atoms with E-state index in [-0.39, 0.29) is 5.69 Å². The highest BCUT2D eigenvalue weighted by Gasteiger charge is 2.28. The lowest BCUT2D eigenvalue weighted by Gasteiger charge is -2.17. The third-order valence-electron chi connectivity index (χ3n) is 4.29. The Morgan fingerprint density at radius 2 is 2.12 bits per heavy atom. The van der Waals surface area contributed by atoms with E-state index in [9.17, 15) is 9.90 Å². The SMILES string of the molecule is Cn1nc(C(=O)O)c2c1-c1nc(Nc3ccccc3N)ncc1CC2. The van der Waals surface area contributed by atoms with Crippen LogP contribution in [0.2, 0.25) is 0 Å². The van der Waals surface area contributed by atoms with Crippen LogP contribution in [0.4, 0.5) is 17.3 Å². The fourth-order valence-electron chi connectivity index (χ4n) is 3.12. The predicted octanol–water partition coefficient (Wildman–Crippen LogP) is 2.00. The summed E-state index contributed by atoms with van der Waals surface area (Å²) in [5, 5.41) is 16.6. The molecule has 1 aliphatic carbocycles. The smallest absolute Gasteiger partial charge is 0.356 e. The van der Waals surface area contributed by atoms with Crippen molar-refractivity contribution in [2.75, 3.05) is 11.1 Å². The third kappa shape index (κ3) is 2.47. The Kier molecular flexibility index (Phi) is 3.38. The van der Waals surface area contributed by atoms with Gasteiger partial charge < -0.3 is 16.2 Å². The fourth-order valence-corrected chi connectivity index (χ4v) is 3.12. The summed E-state index contributed by atoms with van der Waals surface area (Å²) in [4.78, 5) is 20.4. The number of para-hydroxylation sites is 2. The lowest BCUT2D eigenvalue weighted by Crippen LogP contribution is -2.11. The van der Waals surface area contributed by atoms with E-state index >= 15 is 0 Å². The second kappa shape index (κ2) is 5.59. The van der Waals surface area contributed by atoms with Crippen LogP contribution in [0.15, 0.2) is 30.5 Å². The summed E-state index contributed by atoms with van der Waals surface area (Å²) in [6.45, 7) is 0. The van der Waals surface area contributed by atoms with Crippen LogP contribution in [0.3, 0.4) is 0 Å². The molecule has 8 nitrogen and oxygen atoms in total. The quantitative estimate of drug-likeness (QED) is 0.626. The van der Waals surface area contributed by atoms with E-state index in [4.69, 9.17) is 5.73 Å². The first-order valence-electron chi connectivity index (χ1n) is 7.81. The van der Waals surface area contributed by atoms with Crippen LogP contribution in [0.1, 0.15) is 21.6 Å². The molecule has 0 fully saturated rings. The van der Waals surface area contributed by atoms with Crippen LogP contribution in [0, 0.1) is 0 Å². The second-order valence-corrected chi connectivity index (χ2v) is 5.88. The molecular formula is C17H16N6O2. The highest BCUT2D eigenvalue weighted by atomic mass is 16.4. The molecule has 3 aromatic rings. The van der Waals surface area contributed by atoms with Crippen molar-refractivity contribution in [1.29, 1.82) is 0 Å². The van der Waals surface area contributed by atoms with Gasteiger partial charge in [0.2, 0.25) is 5.95 Å². The largest absolute Gasteiger partial charge is 0.476 e. The van der Waals surface area contributed by atoms with Crippen molar-refractivity contribution < 1.29 is 9.90 Å². The molecule has 0 radical (unpaired) electrons. The monoisotopic (exact) mass is 336 g/mol. The number of nitrogens with zero attached hydrogens (tertiary/aromatic N) is 4. The van der Waals surface area contributed by atoms with E-state index in [1.165, 1.54) is 0 Å². The minimum absolute atomic E-state index is 0.0866. The minimum Gasteiger partial charge on any atom is -0.476 e. The molecule has 126 valence electrons. The molecule has 0 bridgehead atoms. The number of hydrogen-bond donors (Lipinski definition) is 3. The Hall–Kier alpha value is -3.42. The van der Waals surface area contributed by atoms with Gasteiger partial charge in [0.25, 0.3) is 0 Å². The van der Waals surface area contributed by atoms with Crippen molar-refractivity contribution in [2.45, 2.75) is 12.8 Å². The number of nitrogens with two attached hydrogens (primary N) is 1. The van der Waals surface area contributed by atoms with Gasteiger partial charge in [-0.05, 0) is 30.5 Å². The maximum absolute atomic E-state index is 11.4. The molecule has 1 aromatic carbocycles. The third-order valence-corrected chi connectivity index (χ3v) is 4.29. The molecule has 4 rings (SSSR count). The summed E-state index contributed by atoms with van der Waals surface area (Å²) in [5.74, 6) is -0.618. The summed E-state index contributed by atoms with van der Waals surface area (Å²) in [6.07, 6.45) is 3.06. The van der Waals surface area contributed by atoms with Crippen LogP contribution in [0.25, 0.3) is 11.4 Å². The first-order chi connectivity index (χ1) is 12.0. The number of aromatic nitrogens is 4. The van der Waals surface area contributed by atoms with E-state index in [0.717, 1.165) is 16.9 Å². The van der Waals surface area contributed by atoms with Crippen molar-refractivity contribution >= 4 is 23.3 Å². The predicted molar refractivity (Wildman–Crippen MR) is 92.7 cm³/mol. The maximum atomic E-state index is 11.4. The molecule has 0 saturated heterocycles. The van der Waals surface area contributed by atoms with Gasteiger partial charge >= 0.3 is 5.97 Å². The number of fused-ring (bicyclic) bond motifs is 3. The Labute approximate surface area is 143 Å². The first-order valence-corrected chi connectivity index (χ1v) is 7.81. The van der Waals surface area contributed by atoms with Crippen molar-refractivity contribution in [2.24, 2.45) is 7.05 Å². The van der Waals surface area contributed by atoms with Gasteiger partial charge in [0, 0.05) is 18.8 Å². The first kappa shape index (κ1) is 15.1. The molecule has 4 N–H and O–H groups in total. The Morgan fingerprint density at radius 1 is 1.32 bits per heavy atom. The number of aromatic carboxylic acids is 1. The number of carbonyl (C=O) groups is 1. The molecule has 0 amide bonds. The van der Waals surface area contributed by atoms with Gasteiger partial charge in [-0.1, -0.05) is 12.1 Å². The van der Waals surface area contributed by atoms with E-state index in [1.54, 1.807) is 24.0 Å². The van der Waals surface area contributed by atoms with E-state index in [1.807, 2.05) is 18.2 Å². The van der Waals surface area contributed by atoms with Crippen LogP contribution in [-0.4, -0.2) is 30.8 Å². The molecule has 0 atom stereocenters. The number of hydrogen-bond acceptors (Lipinski definition) is 6. The summed E-state index contributed by atoms with van der Waals surface area (Å²) in [6, 6.07) is 7.36. The molecule has 1 aliphatic rings. The lowest BCUT2D eigenvalue weighted by molar-refractivity contribution is 0.0688. The fraction of sp³-hybridized carbons (Fsp3) is 0.176. The summed E-state index contributed by atoms with van der Waals surface area (Å²) < 4.78 is 1.57. The molecule has 0 saturated carbocycles. The van der Waals surface area contributed by atoms with Crippen molar-refractivity contribution in [3.63, 3.8) is 0 Å². The molecule has 25 heavy (non-hydrogen) atoms. The topological polar surface area (TPSA) is 119 Å². The van der Waals surface area contributed by atoms with Crippen molar-refractivity contribution in [1.82, 2.24) is 19.7 Å². The highest BCUT2D eigenvalue weighted by molar-refractivity contribution is 5.90. The van der Waals surface area contributed by atoms with Crippen molar-refractivity contribution in [3.05, 3.63) is 47.3 Å². The van der Waals surface area contributed by atoms with Gasteiger partial charge in [-0.2, -0.15) is 5.10 Å². The van der Waals surface area contributed by atoms with Crippen LogP contribution >= 0.6 is 0 Å². The molecule has 2 heterocycles. The number of rotatable bonds is 3. The lowest BCUT2D eigenvalue weighted by atomic mass is 9.93. The number of carboxylic acid groups (broad SMARTS) is 1. The molecule has 0 aliphatic heterocycles. The van der Waals surface area contributed by atoms with E-state index in [2.05, 4.69) is 20.4 Å². The Morgan fingerprint density at radius 3 is 2.88 bits per heavy atom. The number of nitrogen functional groups attached to an aromatic ring is 1. The Balaban J connectivity index is 1.79. The molecule has 0 unspecified atom stereocenters. The number of aryl methyl sites for hydroxylation is 2. The van der Waals surface area contributed by atoms with E-state index < -0.39 is 5.97 Å². The Bertz CT molecular complexity index is 995. The number of anilines is 3. The van der Waals surface area contributed by atoms with Gasteiger partial charge in [-0.15, -0.1) is 0 Å². The zero-order valence-corrected chi connectivity index (χ0v) is 13.5. The summed E-state index contributed by atoms with van der Waals surface area (Å²) in [7, 11) is 1.73. The average molecular weight is 336 g/mol. The summed E-state index contributed by atoms with van der Waals surface area (Å²) in [5.41, 5.74) is 10.5. The zero-order valence-electron chi connectivity index (χ0n) is 13.5. The summed E-state index contributed by atoms with van der Waals surface area (Å²) >= 11 is 0. The van der Waals surface area contributed by atoms with Crippen molar-refractivity contribution in [3.8, 4) is 11.4 Å². The maximum Gasteiger partial charge on any atom is 0.356 e. The van der Waals surface area contributed by atoms with E-state index in [0.29, 0.717) is 35.7 Å². The van der Waals surface area contributed by atoms with Gasteiger partial charge in [-0.3, -0.25) is 4.68 Å². The minimum atomic E-state index is -1.02. The molecule has 8 heteroatoms. The number of benzene rings is 1. The molecule has 0 spiro atoms. The standard InChI is InChI=1S/C17H16N6O2/c1-23-15-10(14(22-23)16(24)25)7-6-9-8-19-17(21-13(9)15)20-12-5-3-2-4-11(12)18/h2-5,8H,6-7,18H2,1H3,(H,24,25)(H,19,20,21).